The van der Waals surface area contributed by atoms with Crippen molar-refractivity contribution in [3.8, 4) is 0 Å². The smallest absolute Gasteiger partial charge is 0.329 e. The normalized spacial score (nSPS) is 17.3. The van der Waals surface area contributed by atoms with E-state index in [0.717, 1.165) is 19.3 Å². The van der Waals surface area contributed by atoms with Crippen molar-refractivity contribution in [3.63, 3.8) is 0 Å². The molecule has 0 radical (unpaired) electrons. The Labute approximate surface area is 128 Å². The van der Waals surface area contributed by atoms with E-state index in [4.69, 9.17) is 0 Å². The second kappa shape index (κ2) is 5.44. The molecule has 22 heavy (non-hydrogen) atoms. The van der Waals surface area contributed by atoms with Gasteiger partial charge in [-0.15, -0.1) is 0 Å². The third kappa shape index (κ3) is 2.24. The lowest BCUT2D eigenvalue weighted by Gasteiger charge is -2.40. The molecule has 0 atom stereocenters. The molecule has 1 N–H and O–H groups in total. The predicted molar refractivity (Wildman–Crippen MR) is 80.7 cm³/mol. The minimum absolute atomic E-state index is 0.278. The number of likely N-dealkylation sites (N-methyl/N-ethyl adjacent to an activating group) is 1. The summed E-state index contributed by atoms with van der Waals surface area (Å²) in [5, 5.41) is 9.68. The van der Waals surface area contributed by atoms with Gasteiger partial charge in [0.15, 0.2) is 0 Å². The highest BCUT2D eigenvalue weighted by Gasteiger charge is 2.46. The van der Waals surface area contributed by atoms with Crippen molar-refractivity contribution in [2.24, 2.45) is 0 Å². The summed E-state index contributed by atoms with van der Waals surface area (Å²) < 4.78 is 1.76. The first-order valence-electron chi connectivity index (χ1n) is 7.50. The Balaban J connectivity index is 1.94. The fraction of sp³-hybridized carbons (Fsp3) is 0.438. The van der Waals surface area contributed by atoms with Gasteiger partial charge in [0.25, 0.3) is 5.91 Å². The van der Waals surface area contributed by atoms with Crippen LogP contribution in [0.5, 0.6) is 0 Å². The third-order valence-corrected chi connectivity index (χ3v) is 4.61. The highest BCUT2D eigenvalue weighted by atomic mass is 16.4. The molecule has 6 heteroatoms. The van der Waals surface area contributed by atoms with E-state index in [2.05, 4.69) is 4.98 Å². The molecule has 2 heterocycles. The van der Waals surface area contributed by atoms with Crippen LogP contribution in [0.4, 0.5) is 0 Å². The van der Waals surface area contributed by atoms with Gasteiger partial charge in [-0.05, 0) is 25.0 Å². The second-order valence-electron chi connectivity index (χ2n) is 5.85. The third-order valence-electron chi connectivity index (χ3n) is 4.61. The average Bonchev–Trinajstić information content (AvgIpc) is 2.98. The Morgan fingerprint density at radius 3 is 2.64 bits per heavy atom. The highest BCUT2D eigenvalue weighted by molar-refractivity contribution is 5.96. The van der Waals surface area contributed by atoms with Crippen LogP contribution in [-0.4, -0.2) is 43.9 Å². The molecule has 0 bridgehead atoms. The number of imidazole rings is 1. The van der Waals surface area contributed by atoms with Crippen molar-refractivity contribution in [2.45, 2.75) is 37.6 Å². The highest BCUT2D eigenvalue weighted by Crippen LogP contribution is 2.34. The van der Waals surface area contributed by atoms with Gasteiger partial charge in [0, 0.05) is 19.4 Å². The number of nitrogens with zero attached hydrogens (tertiary/aromatic N) is 3. The first kappa shape index (κ1) is 14.6. The van der Waals surface area contributed by atoms with Crippen molar-refractivity contribution in [1.82, 2.24) is 14.3 Å². The molecule has 2 aromatic rings. The Morgan fingerprint density at radius 2 is 2.00 bits per heavy atom. The number of carboxylic acids is 1. The van der Waals surface area contributed by atoms with E-state index in [-0.39, 0.29) is 11.6 Å². The minimum Gasteiger partial charge on any atom is -0.479 e. The summed E-state index contributed by atoms with van der Waals surface area (Å²) in [5.41, 5.74) is -0.155. The number of amides is 1. The Morgan fingerprint density at radius 1 is 1.27 bits per heavy atom. The Bertz CT molecular complexity index is 683. The molecule has 3 rings (SSSR count). The largest absolute Gasteiger partial charge is 0.479 e. The molecule has 0 aromatic carbocycles. The quantitative estimate of drug-likeness (QED) is 0.943. The van der Waals surface area contributed by atoms with Crippen LogP contribution in [0.25, 0.3) is 5.65 Å². The van der Waals surface area contributed by atoms with Crippen molar-refractivity contribution in [1.29, 1.82) is 0 Å². The van der Waals surface area contributed by atoms with E-state index in [1.165, 1.54) is 4.90 Å². The van der Waals surface area contributed by atoms with Crippen LogP contribution in [0.15, 0.2) is 30.6 Å². The number of carbonyl (C=O) groups is 2. The molecule has 1 aliphatic carbocycles. The number of carbonyl (C=O) groups excluding carboxylic acids is 1. The molecule has 1 saturated carbocycles. The fourth-order valence-electron chi connectivity index (χ4n) is 3.23. The maximum absolute atomic E-state index is 12.7. The van der Waals surface area contributed by atoms with Crippen molar-refractivity contribution < 1.29 is 14.7 Å². The van der Waals surface area contributed by atoms with Gasteiger partial charge in [-0.1, -0.05) is 25.3 Å². The molecule has 2 aromatic heterocycles. The standard InChI is InChI=1S/C16H19N3O3/c1-18(16(15(21)22)8-4-2-5-9-16)14(20)12-11-19-10-6-3-7-13(19)17-12/h3,6-7,10-11H,2,4-5,8-9H2,1H3,(H,21,22). The molecule has 1 aliphatic rings. The summed E-state index contributed by atoms with van der Waals surface area (Å²) in [6.45, 7) is 0. The van der Waals surface area contributed by atoms with Gasteiger partial charge >= 0.3 is 5.97 Å². The van der Waals surface area contributed by atoms with Crippen LogP contribution in [-0.2, 0) is 4.79 Å². The van der Waals surface area contributed by atoms with Crippen LogP contribution in [0.2, 0.25) is 0 Å². The minimum atomic E-state index is -1.11. The molecule has 0 unspecified atom stereocenters. The SMILES string of the molecule is CN(C(=O)c1cn2ccccc2n1)C1(C(=O)O)CCCCC1. The second-order valence-corrected chi connectivity index (χ2v) is 5.85. The molecular formula is C16H19N3O3. The summed E-state index contributed by atoms with van der Waals surface area (Å²) in [5.74, 6) is -1.26. The molecule has 6 nitrogen and oxygen atoms in total. The van der Waals surface area contributed by atoms with Gasteiger partial charge in [-0.25, -0.2) is 9.78 Å². The molecule has 0 saturated heterocycles. The van der Waals surface area contributed by atoms with Gasteiger partial charge in [0.1, 0.15) is 16.9 Å². The van der Waals surface area contributed by atoms with Gasteiger partial charge in [-0.3, -0.25) is 4.79 Å². The first-order chi connectivity index (χ1) is 10.5. The van der Waals surface area contributed by atoms with E-state index >= 15 is 0 Å². The van der Waals surface area contributed by atoms with Crippen LogP contribution in [0, 0.1) is 0 Å². The maximum atomic E-state index is 12.7. The maximum Gasteiger partial charge on any atom is 0.329 e. The van der Waals surface area contributed by atoms with Crippen LogP contribution in [0.1, 0.15) is 42.6 Å². The number of pyridine rings is 1. The summed E-state index contributed by atoms with van der Waals surface area (Å²) in [6.07, 6.45) is 7.13. The Kier molecular flexibility index (Phi) is 3.60. The van der Waals surface area contributed by atoms with Crippen molar-refractivity contribution >= 4 is 17.5 Å². The molecule has 1 amide bonds. The lowest BCUT2D eigenvalue weighted by molar-refractivity contribution is -0.151. The zero-order valence-corrected chi connectivity index (χ0v) is 12.5. The van der Waals surface area contributed by atoms with E-state index in [1.807, 2.05) is 24.4 Å². The average molecular weight is 301 g/mol. The van der Waals surface area contributed by atoms with Gasteiger partial charge < -0.3 is 14.4 Å². The summed E-state index contributed by atoms with van der Waals surface area (Å²) in [4.78, 5) is 30.2. The number of hydrogen-bond acceptors (Lipinski definition) is 3. The summed E-state index contributed by atoms with van der Waals surface area (Å²) in [6, 6.07) is 5.51. The van der Waals surface area contributed by atoms with Crippen molar-refractivity contribution in [2.75, 3.05) is 7.05 Å². The van der Waals surface area contributed by atoms with E-state index < -0.39 is 11.5 Å². The number of rotatable bonds is 3. The number of carboxylic acid groups (broad SMARTS) is 1. The zero-order valence-electron chi connectivity index (χ0n) is 12.5. The zero-order chi connectivity index (χ0) is 15.7. The van der Waals surface area contributed by atoms with Crippen molar-refractivity contribution in [3.05, 3.63) is 36.3 Å². The summed E-state index contributed by atoms with van der Waals surface area (Å²) in [7, 11) is 1.58. The predicted octanol–water partition coefficient (Wildman–Crippen LogP) is 2.19. The molecule has 116 valence electrons. The van der Waals surface area contributed by atoms with Crippen LogP contribution >= 0.6 is 0 Å². The lowest BCUT2D eigenvalue weighted by atomic mass is 9.80. The van der Waals surface area contributed by atoms with Gasteiger partial charge in [0.2, 0.25) is 0 Å². The van der Waals surface area contributed by atoms with E-state index in [9.17, 15) is 14.7 Å². The number of aliphatic carboxylic acids is 1. The number of hydrogen-bond donors (Lipinski definition) is 1. The fourth-order valence-corrected chi connectivity index (χ4v) is 3.23. The van der Waals surface area contributed by atoms with Crippen LogP contribution in [0.3, 0.4) is 0 Å². The molecule has 0 aliphatic heterocycles. The number of fused-ring (bicyclic) bond motifs is 1. The van der Waals surface area contributed by atoms with E-state index in [0.29, 0.717) is 18.5 Å². The topological polar surface area (TPSA) is 74.9 Å². The Hall–Kier alpha value is -2.37. The molecule has 0 spiro atoms. The lowest BCUT2D eigenvalue weighted by Crippen LogP contribution is -2.56. The first-order valence-corrected chi connectivity index (χ1v) is 7.50. The number of aromatic nitrogens is 2. The van der Waals surface area contributed by atoms with Gasteiger partial charge in [-0.2, -0.15) is 0 Å². The summed E-state index contributed by atoms with van der Waals surface area (Å²) >= 11 is 0. The molecule has 1 fully saturated rings. The van der Waals surface area contributed by atoms with E-state index in [1.54, 1.807) is 17.6 Å². The van der Waals surface area contributed by atoms with Crippen LogP contribution < -0.4 is 0 Å². The monoisotopic (exact) mass is 301 g/mol. The molecular weight excluding hydrogens is 282 g/mol. The van der Waals surface area contributed by atoms with Gasteiger partial charge in [0.05, 0.1) is 0 Å².